The Labute approximate surface area is 134 Å². The molecule has 1 atom stereocenters. The number of aliphatic imine (C=N–C) groups is 1. The normalized spacial score (nSPS) is 12.6. The molecule has 0 amide bonds. The Morgan fingerprint density at radius 1 is 1.26 bits per heavy atom. The molecule has 0 rings (SSSR count). The zero-order chi connectivity index (χ0) is 14.0. The molecule has 0 aromatic heterocycles. The Hall–Kier alpha value is -0.530. The van der Waals surface area contributed by atoms with Crippen molar-refractivity contribution < 1.29 is 9.53 Å². The fourth-order valence-corrected chi connectivity index (χ4v) is 1.47. The minimum Gasteiger partial charge on any atom is -0.469 e. The summed E-state index contributed by atoms with van der Waals surface area (Å²) in [6, 6.07) is 0. The number of carbonyl (C=O) groups is 1. The number of guanidine groups is 1. The molecule has 0 fully saturated rings. The summed E-state index contributed by atoms with van der Waals surface area (Å²) in [5.74, 6) is 1.07. The van der Waals surface area contributed by atoms with Gasteiger partial charge in [0.25, 0.3) is 0 Å². The predicted molar refractivity (Wildman–Crippen MR) is 90.0 cm³/mol. The van der Waals surface area contributed by atoms with E-state index >= 15 is 0 Å². The first kappa shape index (κ1) is 20.8. The van der Waals surface area contributed by atoms with E-state index in [2.05, 4.69) is 34.2 Å². The largest absolute Gasteiger partial charge is 0.469 e. The van der Waals surface area contributed by atoms with Crippen molar-refractivity contribution in [1.82, 2.24) is 10.6 Å². The molecule has 0 bridgehead atoms. The average molecular weight is 385 g/mol. The highest BCUT2D eigenvalue weighted by atomic mass is 127. The molecule has 1 unspecified atom stereocenters. The van der Waals surface area contributed by atoms with E-state index in [0.29, 0.717) is 6.54 Å². The SMILES string of the molecule is CN=C(NCCCC(C)C)NCC(C)C(=O)OC.I. The number of esters is 1. The first-order valence-electron chi connectivity index (χ1n) is 6.53. The molecule has 0 radical (unpaired) electrons. The summed E-state index contributed by atoms with van der Waals surface area (Å²) in [6.45, 7) is 7.67. The van der Waals surface area contributed by atoms with Crippen molar-refractivity contribution in [2.24, 2.45) is 16.8 Å². The fraction of sp³-hybridized carbons (Fsp3) is 0.846. The molecule has 6 heteroatoms. The minimum atomic E-state index is -0.210. The van der Waals surface area contributed by atoms with Crippen LogP contribution in [0.4, 0.5) is 0 Å². The van der Waals surface area contributed by atoms with Crippen LogP contribution in [0.5, 0.6) is 0 Å². The second kappa shape index (κ2) is 12.5. The van der Waals surface area contributed by atoms with Crippen LogP contribution in [0.2, 0.25) is 0 Å². The molecule has 0 aliphatic carbocycles. The molecule has 0 spiro atoms. The van der Waals surface area contributed by atoms with E-state index in [0.717, 1.165) is 24.8 Å². The third kappa shape index (κ3) is 11.0. The molecule has 0 aromatic rings. The van der Waals surface area contributed by atoms with E-state index in [1.807, 2.05) is 6.92 Å². The van der Waals surface area contributed by atoms with Gasteiger partial charge in [0.15, 0.2) is 5.96 Å². The molecule has 0 saturated heterocycles. The van der Waals surface area contributed by atoms with Crippen molar-refractivity contribution >= 4 is 35.9 Å². The third-order valence-corrected chi connectivity index (χ3v) is 2.65. The van der Waals surface area contributed by atoms with Crippen LogP contribution in [0.15, 0.2) is 4.99 Å². The number of ether oxygens (including phenoxy) is 1. The molecule has 0 aliphatic heterocycles. The quantitative estimate of drug-likeness (QED) is 0.231. The number of hydrogen-bond donors (Lipinski definition) is 2. The van der Waals surface area contributed by atoms with Gasteiger partial charge in [0.2, 0.25) is 0 Å². The number of hydrogen-bond acceptors (Lipinski definition) is 3. The van der Waals surface area contributed by atoms with E-state index in [1.165, 1.54) is 13.5 Å². The summed E-state index contributed by atoms with van der Waals surface area (Å²) >= 11 is 0. The van der Waals surface area contributed by atoms with Crippen LogP contribution in [0.1, 0.15) is 33.6 Å². The zero-order valence-electron chi connectivity index (χ0n) is 12.7. The van der Waals surface area contributed by atoms with Crippen LogP contribution in [0, 0.1) is 11.8 Å². The summed E-state index contributed by atoms with van der Waals surface area (Å²) in [4.78, 5) is 15.3. The second-order valence-corrected chi connectivity index (χ2v) is 4.84. The van der Waals surface area contributed by atoms with Gasteiger partial charge < -0.3 is 15.4 Å². The predicted octanol–water partition coefficient (Wildman–Crippen LogP) is 2.01. The third-order valence-electron chi connectivity index (χ3n) is 2.65. The maximum absolute atomic E-state index is 11.2. The summed E-state index contributed by atoms with van der Waals surface area (Å²) in [5.41, 5.74) is 0. The van der Waals surface area contributed by atoms with E-state index in [9.17, 15) is 4.79 Å². The summed E-state index contributed by atoms with van der Waals surface area (Å²) < 4.78 is 4.66. The molecule has 2 N–H and O–H groups in total. The van der Waals surface area contributed by atoms with Crippen LogP contribution in [0.25, 0.3) is 0 Å². The van der Waals surface area contributed by atoms with Gasteiger partial charge in [0.1, 0.15) is 0 Å². The summed E-state index contributed by atoms with van der Waals surface area (Å²) in [6.07, 6.45) is 2.31. The second-order valence-electron chi connectivity index (χ2n) is 4.84. The monoisotopic (exact) mass is 385 g/mol. The molecule has 19 heavy (non-hydrogen) atoms. The highest BCUT2D eigenvalue weighted by Gasteiger charge is 2.12. The Morgan fingerprint density at radius 2 is 1.89 bits per heavy atom. The number of nitrogens with zero attached hydrogens (tertiary/aromatic N) is 1. The maximum atomic E-state index is 11.2. The van der Waals surface area contributed by atoms with Gasteiger partial charge in [0, 0.05) is 20.1 Å². The van der Waals surface area contributed by atoms with Crippen molar-refractivity contribution in [1.29, 1.82) is 0 Å². The molecule has 5 nitrogen and oxygen atoms in total. The van der Waals surface area contributed by atoms with Crippen LogP contribution < -0.4 is 10.6 Å². The van der Waals surface area contributed by atoms with Gasteiger partial charge in [-0.3, -0.25) is 9.79 Å². The topological polar surface area (TPSA) is 62.7 Å². The number of rotatable bonds is 7. The van der Waals surface area contributed by atoms with Gasteiger partial charge in [-0.2, -0.15) is 0 Å². The number of halogens is 1. The van der Waals surface area contributed by atoms with Gasteiger partial charge in [-0.05, 0) is 18.8 Å². The highest BCUT2D eigenvalue weighted by molar-refractivity contribution is 14.0. The maximum Gasteiger partial charge on any atom is 0.310 e. The molecule has 0 heterocycles. The molecular formula is C13H28IN3O2. The van der Waals surface area contributed by atoms with Gasteiger partial charge in [-0.1, -0.05) is 20.8 Å². The number of nitrogens with one attached hydrogen (secondary N) is 2. The summed E-state index contributed by atoms with van der Waals surface area (Å²) in [5, 5.41) is 6.33. The lowest BCUT2D eigenvalue weighted by molar-refractivity contribution is -0.144. The Kier molecular flexibility index (Phi) is 13.7. The van der Waals surface area contributed by atoms with Gasteiger partial charge in [-0.25, -0.2) is 0 Å². The molecular weight excluding hydrogens is 357 g/mol. The lowest BCUT2D eigenvalue weighted by atomic mass is 10.1. The van der Waals surface area contributed by atoms with Crippen LogP contribution in [-0.2, 0) is 9.53 Å². The van der Waals surface area contributed by atoms with Crippen molar-refractivity contribution in [3.63, 3.8) is 0 Å². The first-order chi connectivity index (χ1) is 8.51. The Morgan fingerprint density at radius 3 is 2.37 bits per heavy atom. The van der Waals surface area contributed by atoms with E-state index in [-0.39, 0.29) is 35.9 Å². The number of carbonyl (C=O) groups excluding carboxylic acids is 1. The molecule has 114 valence electrons. The highest BCUT2D eigenvalue weighted by Crippen LogP contribution is 2.01. The van der Waals surface area contributed by atoms with Crippen LogP contribution >= 0.6 is 24.0 Å². The zero-order valence-corrected chi connectivity index (χ0v) is 15.0. The van der Waals surface area contributed by atoms with Gasteiger partial charge in [-0.15, -0.1) is 24.0 Å². The first-order valence-corrected chi connectivity index (χ1v) is 6.53. The fourth-order valence-electron chi connectivity index (χ4n) is 1.47. The standard InChI is InChI=1S/C13H27N3O2.HI/c1-10(2)7-6-8-15-13(14-4)16-9-11(3)12(17)18-5;/h10-11H,6-9H2,1-5H3,(H2,14,15,16);1H. The summed E-state index contributed by atoms with van der Waals surface area (Å²) in [7, 11) is 3.12. The molecule has 0 aliphatic rings. The van der Waals surface area contributed by atoms with Gasteiger partial charge >= 0.3 is 5.97 Å². The van der Waals surface area contributed by atoms with E-state index in [4.69, 9.17) is 0 Å². The van der Waals surface area contributed by atoms with Gasteiger partial charge in [0.05, 0.1) is 13.0 Å². The Bertz CT molecular complexity index is 271. The minimum absolute atomic E-state index is 0. The molecule has 0 saturated carbocycles. The van der Waals surface area contributed by atoms with Crippen molar-refractivity contribution in [2.75, 3.05) is 27.2 Å². The lowest BCUT2D eigenvalue weighted by Crippen LogP contribution is -2.41. The van der Waals surface area contributed by atoms with E-state index in [1.54, 1.807) is 7.05 Å². The van der Waals surface area contributed by atoms with Crippen molar-refractivity contribution in [3.05, 3.63) is 0 Å². The van der Waals surface area contributed by atoms with Crippen molar-refractivity contribution in [3.8, 4) is 0 Å². The van der Waals surface area contributed by atoms with Crippen LogP contribution in [-0.4, -0.2) is 39.2 Å². The lowest BCUT2D eigenvalue weighted by Gasteiger charge is -2.14. The Balaban J connectivity index is 0. The van der Waals surface area contributed by atoms with E-state index < -0.39 is 0 Å². The number of methoxy groups -OCH3 is 1. The molecule has 0 aromatic carbocycles. The smallest absolute Gasteiger partial charge is 0.310 e. The average Bonchev–Trinajstić information content (AvgIpc) is 2.36. The van der Waals surface area contributed by atoms with Crippen LogP contribution in [0.3, 0.4) is 0 Å². The van der Waals surface area contributed by atoms with Crippen molar-refractivity contribution in [2.45, 2.75) is 33.6 Å².